The average Bonchev–Trinajstić information content (AvgIpc) is 2.17. The van der Waals surface area contributed by atoms with E-state index in [-0.39, 0.29) is 17.3 Å². The summed E-state index contributed by atoms with van der Waals surface area (Å²) in [6.07, 6.45) is 0.875. The molecule has 1 saturated heterocycles. The van der Waals surface area contributed by atoms with Crippen LogP contribution in [0.2, 0.25) is 0 Å². The summed E-state index contributed by atoms with van der Waals surface area (Å²) in [4.78, 5) is 11.1. The maximum absolute atomic E-state index is 11.1. The zero-order valence-corrected chi connectivity index (χ0v) is 9.22. The molecule has 1 aliphatic rings. The van der Waals surface area contributed by atoms with E-state index >= 15 is 0 Å². The zero-order valence-electron chi connectivity index (χ0n) is 8.40. The highest BCUT2D eigenvalue weighted by atomic mass is 32.2. The molecule has 14 heavy (non-hydrogen) atoms. The Balaban J connectivity index is 2.19. The van der Waals surface area contributed by atoms with Crippen LogP contribution in [0.15, 0.2) is 0 Å². The van der Waals surface area contributed by atoms with Crippen LogP contribution in [0.4, 0.5) is 0 Å². The van der Waals surface area contributed by atoms with E-state index in [4.69, 9.17) is 15.2 Å². The first kappa shape index (κ1) is 11.8. The lowest BCUT2D eigenvalue weighted by Gasteiger charge is -2.27. The topological polar surface area (TPSA) is 61.5 Å². The number of esters is 1. The molecule has 2 unspecified atom stereocenters. The first-order chi connectivity index (χ1) is 6.74. The fourth-order valence-corrected chi connectivity index (χ4v) is 2.29. The van der Waals surface area contributed by atoms with E-state index < -0.39 is 0 Å². The van der Waals surface area contributed by atoms with Crippen molar-refractivity contribution in [1.29, 1.82) is 0 Å². The van der Waals surface area contributed by atoms with Crippen LogP contribution in [0.25, 0.3) is 0 Å². The number of carbonyl (C=O) groups excluding carboxylic acids is 1. The molecule has 0 radical (unpaired) electrons. The molecule has 0 aromatic heterocycles. The third-order valence-electron chi connectivity index (χ3n) is 2.08. The molecule has 0 aromatic carbocycles. The molecule has 0 aromatic rings. The van der Waals surface area contributed by atoms with Gasteiger partial charge in [-0.2, -0.15) is 0 Å². The molecule has 1 rings (SSSR count). The first-order valence-electron chi connectivity index (χ1n) is 4.84. The van der Waals surface area contributed by atoms with Gasteiger partial charge in [-0.3, -0.25) is 4.79 Å². The lowest BCUT2D eigenvalue weighted by atomic mass is 10.1. The Morgan fingerprint density at radius 3 is 3.14 bits per heavy atom. The highest BCUT2D eigenvalue weighted by molar-refractivity contribution is 8.00. The van der Waals surface area contributed by atoms with Crippen LogP contribution >= 0.6 is 11.8 Å². The molecule has 0 bridgehead atoms. The van der Waals surface area contributed by atoms with Crippen molar-refractivity contribution in [2.45, 2.75) is 24.6 Å². The number of ether oxygens (including phenoxy) is 2. The minimum absolute atomic E-state index is 0.142. The van der Waals surface area contributed by atoms with Gasteiger partial charge in [0.05, 0.1) is 19.0 Å². The normalized spacial score (nSPS) is 27.3. The van der Waals surface area contributed by atoms with Gasteiger partial charge >= 0.3 is 5.97 Å². The largest absolute Gasteiger partial charge is 0.465 e. The lowest BCUT2D eigenvalue weighted by molar-refractivity contribution is -0.139. The summed E-state index contributed by atoms with van der Waals surface area (Å²) in [5, 5.41) is 0.230. The Labute approximate surface area is 88.5 Å². The second-order valence-corrected chi connectivity index (χ2v) is 4.41. The number of rotatable bonds is 4. The lowest BCUT2D eigenvalue weighted by Crippen LogP contribution is -2.41. The zero-order chi connectivity index (χ0) is 10.4. The number of hydrogen-bond donors (Lipinski definition) is 1. The molecule has 2 atom stereocenters. The molecule has 4 nitrogen and oxygen atoms in total. The average molecular weight is 219 g/mol. The van der Waals surface area contributed by atoms with E-state index in [0.29, 0.717) is 19.0 Å². The number of hydrogen-bond acceptors (Lipinski definition) is 5. The fraction of sp³-hybridized carbons (Fsp3) is 0.889. The summed E-state index contributed by atoms with van der Waals surface area (Å²) in [5.41, 5.74) is 5.89. The molecule has 0 saturated carbocycles. The molecule has 0 aliphatic carbocycles. The monoisotopic (exact) mass is 219 g/mol. The van der Waals surface area contributed by atoms with Crippen molar-refractivity contribution in [1.82, 2.24) is 0 Å². The Kier molecular flexibility index (Phi) is 5.29. The molecule has 0 spiro atoms. The van der Waals surface area contributed by atoms with E-state index in [1.807, 2.05) is 0 Å². The SMILES string of the molecule is CCOC(=O)CSC1COCCC1N. The van der Waals surface area contributed by atoms with Gasteiger partial charge in [0.25, 0.3) is 0 Å². The van der Waals surface area contributed by atoms with Gasteiger partial charge in [-0.25, -0.2) is 0 Å². The van der Waals surface area contributed by atoms with Gasteiger partial charge in [0.15, 0.2) is 0 Å². The summed E-state index contributed by atoms with van der Waals surface area (Å²) in [5.74, 6) is 0.200. The highest BCUT2D eigenvalue weighted by Crippen LogP contribution is 2.20. The van der Waals surface area contributed by atoms with Gasteiger partial charge in [-0.05, 0) is 13.3 Å². The predicted octanol–water partition coefficient (Wildman–Crippen LogP) is 0.399. The van der Waals surface area contributed by atoms with Gasteiger partial charge in [0.1, 0.15) is 0 Å². The molecule has 1 fully saturated rings. The van der Waals surface area contributed by atoms with E-state index in [0.717, 1.165) is 13.0 Å². The van der Waals surface area contributed by atoms with Crippen molar-refractivity contribution >= 4 is 17.7 Å². The smallest absolute Gasteiger partial charge is 0.315 e. The van der Waals surface area contributed by atoms with E-state index in [1.54, 1.807) is 6.92 Å². The summed E-state index contributed by atoms with van der Waals surface area (Å²) in [7, 11) is 0. The molecular weight excluding hydrogens is 202 g/mol. The first-order valence-corrected chi connectivity index (χ1v) is 5.89. The Hall–Kier alpha value is -0.260. The third-order valence-corrected chi connectivity index (χ3v) is 3.39. The summed E-state index contributed by atoms with van der Waals surface area (Å²) in [6.45, 7) is 3.62. The van der Waals surface area contributed by atoms with Crippen LogP contribution in [-0.4, -0.2) is 42.8 Å². The van der Waals surface area contributed by atoms with Gasteiger partial charge < -0.3 is 15.2 Å². The van der Waals surface area contributed by atoms with Crippen LogP contribution in [0, 0.1) is 0 Å². The van der Waals surface area contributed by atoms with Crippen molar-refractivity contribution in [3.05, 3.63) is 0 Å². The Morgan fingerprint density at radius 2 is 2.50 bits per heavy atom. The highest BCUT2D eigenvalue weighted by Gasteiger charge is 2.23. The molecule has 0 amide bonds. The molecule has 82 valence electrons. The van der Waals surface area contributed by atoms with Crippen LogP contribution in [0.5, 0.6) is 0 Å². The van der Waals surface area contributed by atoms with E-state index in [1.165, 1.54) is 11.8 Å². The van der Waals surface area contributed by atoms with Crippen LogP contribution in [-0.2, 0) is 14.3 Å². The van der Waals surface area contributed by atoms with Gasteiger partial charge in [0.2, 0.25) is 0 Å². The van der Waals surface area contributed by atoms with E-state index in [2.05, 4.69) is 0 Å². The Morgan fingerprint density at radius 1 is 1.71 bits per heavy atom. The summed E-state index contributed by atoms with van der Waals surface area (Å²) < 4.78 is 10.1. The summed E-state index contributed by atoms with van der Waals surface area (Å²) in [6, 6.07) is 0.142. The van der Waals surface area contributed by atoms with Crippen molar-refractivity contribution < 1.29 is 14.3 Å². The standard InChI is InChI=1S/C9H17NO3S/c1-2-13-9(11)6-14-8-5-12-4-3-7(8)10/h7-8H,2-6,10H2,1H3. The van der Waals surface area contributed by atoms with Crippen molar-refractivity contribution in [2.24, 2.45) is 5.73 Å². The second-order valence-electron chi connectivity index (χ2n) is 3.18. The fourth-order valence-electron chi connectivity index (χ4n) is 1.28. The van der Waals surface area contributed by atoms with Gasteiger partial charge in [0, 0.05) is 17.9 Å². The minimum atomic E-state index is -0.171. The number of nitrogens with two attached hydrogens (primary N) is 1. The predicted molar refractivity (Wildman–Crippen MR) is 56.3 cm³/mol. The van der Waals surface area contributed by atoms with Gasteiger partial charge in [-0.1, -0.05) is 0 Å². The Bertz CT molecular complexity index is 189. The molecule has 5 heteroatoms. The quantitative estimate of drug-likeness (QED) is 0.693. The molecule has 2 N–H and O–H groups in total. The molecule has 1 aliphatic heterocycles. The van der Waals surface area contributed by atoms with Crippen molar-refractivity contribution in [3.8, 4) is 0 Å². The van der Waals surface area contributed by atoms with Crippen LogP contribution in [0.3, 0.4) is 0 Å². The second kappa shape index (κ2) is 6.27. The number of thioether (sulfide) groups is 1. The van der Waals surface area contributed by atoms with Crippen LogP contribution in [0.1, 0.15) is 13.3 Å². The minimum Gasteiger partial charge on any atom is -0.465 e. The summed E-state index contributed by atoms with van der Waals surface area (Å²) >= 11 is 1.53. The van der Waals surface area contributed by atoms with E-state index in [9.17, 15) is 4.79 Å². The van der Waals surface area contributed by atoms with Gasteiger partial charge in [-0.15, -0.1) is 11.8 Å². The third kappa shape index (κ3) is 3.86. The van der Waals surface area contributed by atoms with Crippen molar-refractivity contribution in [2.75, 3.05) is 25.6 Å². The molecule has 1 heterocycles. The maximum atomic E-state index is 11.1. The number of carbonyl (C=O) groups is 1. The van der Waals surface area contributed by atoms with Crippen molar-refractivity contribution in [3.63, 3.8) is 0 Å². The van der Waals surface area contributed by atoms with Crippen LogP contribution < -0.4 is 5.73 Å². The maximum Gasteiger partial charge on any atom is 0.315 e. The molecular formula is C9H17NO3S.